The Balaban J connectivity index is 1.81. The number of carbonyl (C=O) groups excluding carboxylic acids is 1. The number of hydrogen-bond donors (Lipinski definition) is 1. The van der Waals surface area contributed by atoms with Crippen LogP contribution in [0, 0.1) is 0 Å². The molecule has 4 aromatic rings. The SMILES string of the molecule is CCCn1c(=O)c2sc3ncccc3c2n(CC(=O)Nc2cc(OC)cc(OC)c2)c1=O. The van der Waals surface area contributed by atoms with Crippen LogP contribution in [0.25, 0.3) is 20.4 Å². The number of nitrogens with zero attached hydrogens (tertiary/aromatic N) is 3. The number of hydrogen-bond acceptors (Lipinski definition) is 7. The molecular weight excluding hydrogens is 432 g/mol. The summed E-state index contributed by atoms with van der Waals surface area (Å²) < 4.78 is 13.4. The van der Waals surface area contributed by atoms with E-state index in [-0.39, 0.29) is 18.6 Å². The Hall–Kier alpha value is -3.66. The maximum atomic E-state index is 13.2. The summed E-state index contributed by atoms with van der Waals surface area (Å²) in [5.41, 5.74) is 0.0170. The Morgan fingerprint density at radius 2 is 1.84 bits per heavy atom. The minimum absolute atomic E-state index is 0.264. The summed E-state index contributed by atoms with van der Waals surface area (Å²) >= 11 is 1.22. The second-order valence-electron chi connectivity index (χ2n) is 7.11. The lowest BCUT2D eigenvalue weighted by Gasteiger charge is -2.13. The normalized spacial score (nSPS) is 11.1. The van der Waals surface area contributed by atoms with Crippen LogP contribution in [-0.4, -0.2) is 34.2 Å². The third kappa shape index (κ3) is 3.84. The summed E-state index contributed by atoms with van der Waals surface area (Å²) in [5, 5.41) is 3.45. The van der Waals surface area contributed by atoms with Crippen LogP contribution in [0.4, 0.5) is 5.69 Å². The van der Waals surface area contributed by atoms with Gasteiger partial charge in [-0.2, -0.15) is 0 Å². The van der Waals surface area contributed by atoms with Gasteiger partial charge in [-0.15, -0.1) is 11.3 Å². The molecule has 0 aliphatic heterocycles. The first-order valence-corrected chi connectivity index (χ1v) is 10.8. The molecule has 3 heterocycles. The zero-order chi connectivity index (χ0) is 22.8. The van der Waals surface area contributed by atoms with Crippen molar-refractivity contribution in [3.05, 3.63) is 57.4 Å². The van der Waals surface area contributed by atoms with Gasteiger partial charge >= 0.3 is 5.69 Å². The smallest absolute Gasteiger partial charge is 0.332 e. The van der Waals surface area contributed by atoms with Crippen molar-refractivity contribution in [1.82, 2.24) is 14.1 Å². The van der Waals surface area contributed by atoms with Gasteiger partial charge in [0.25, 0.3) is 5.56 Å². The van der Waals surface area contributed by atoms with Gasteiger partial charge in [-0.3, -0.25) is 18.7 Å². The third-order valence-electron chi connectivity index (χ3n) is 5.00. The monoisotopic (exact) mass is 454 g/mol. The lowest BCUT2D eigenvalue weighted by molar-refractivity contribution is -0.116. The fraction of sp³-hybridized carbons (Fsp3) is 0.273. The summed E-state index contributed by atoms with van der Waals surface area (Å²) in [6.45, 7) is 1.89. The Morgan fingerprint density at radius 3 is 2.50 bits per heavy atom. The van der Waals surface area contributed by atoms with Crippen LogP contribution in [-0.2, 0) is 17.9 Å². The molecule has 0 radical (unpaired) electrons. The molecular formula is C22H22N4O5S. The first-order valence-electron chi connectivity index (χ1n) is 10.0. The molecule has 0 unspecified atom stereocenters. The second-order valence-corrected chi connectivity index (χ2v) is 8.11. The van der Waals surface area contributed by atoms with Crippen LogP contribution in [0.15, 0.2) is 46.1 Å². The molecule has 32 heavy (non-hydrogen) atoms. The molecule has 0 bridgehead atoms. The van der Waals surface area contributed by atoms with Crippen molar-refractivity contribution in [2.45, 2.75) is 26.4 Å². The fourth-order valence-electron chi connectivity index (χ4n) is 3.57. The molecule has 0 aliphatic carbocycles. The minimum Gasteiger partial charge on any atom is -0.497 e. The van der Waals surface area contributed by atoms with E-state index in [4.69, 9.17) is 9.47 Å². The molecule has 0 saturated carbocycles. The quantitative estimate of drug-likeness (QED) is 0.461. The van der Waals surface area contributed by atoms with Gasteiger partial charge in [0, 0.05) is 42.0 Å². The van der Waals surface area contributed by atoms with Crippen LogP contribution in [0.2, 0.25) is 0 Å². The van der Waals surface area contributed by atoms with Crippen LogP contribution >= 0.6 is 11.3 Å². The summed E-state index contributed by atoms with van der Waals surface area (Å²) in [6, 6.07) is 8.53. The van der Waals surface area contributed by atoms with Crippen molar-refractivity contribution >= 4 is 43.4 Å². The largest absolute Gasteiger partial charge is 0.497 e. The van der Waals surface area contributed by atoms with E-state index in [9.17, 15) is 14.4 Å². The van der Waals surface area contributed by atoms with Crippen molar-refractivity contribution in [2.24, 2.45) is 0 Å². The van der Waals surface area contributed by atoms with Crippen molar-refractivity contribution in [3.8, 4) is 11.5 Å². The molecule has 0 aliphatic rings. The number of benzene rings is 1. The van der Waals surface area contributed by atoms with Crippen molar-refractivity contribution in [3.63, 3.8) is 0 Å². The predicted molar refractivity (Wildman–Crippen MR) is 124 cm³/mol. The van der Waals surface area contributed by atoms with Gasteiger partial charge in [-0.25, -0.2) is 9.78 Å². The van der Waals surface area contributed by atoms with Gasteiger partial charge in [-0.05, 0) is 18.6 Å². The third-order valence-corrected chi connectivity index (χ3v) is 6.09. The number of pyridine rings is 1. The minimum atomic E-state index is -0.522. The molecule has 1 N–H and O–H groups in total. The summed E-state index contributed by atoms with van der Waals surface area (Å²) in [7, 11) is 3.03. The standard InChI is InChI=1S/C22H22N4O5S/c1-4-8-25-21(28)19-18(16-6-5-7-23-20(16)32-19)26(22(25)29)12-17(27)24-13-9-14(30-2)11-15(10-13)31-3/h5-7,9-11H,4,8,12H2,1-3H3,(H,24,27). The molecule has 0 spiro atoms. The van der Waals surface area contributed by atoms with Crippen LogP contribution in [0.3, 0.4) is 0 Å². The van der Waals surface area contributed by atoms with Gasteiger partial charge in [0.15, 0.2) is 0 Å². The van der Waals surface area contributed by atoms with E-state index in [1.807, 2.05) is 6.92 Å². The number of ether oxygens (including phenoxy) is 2. The molecule has 3 aromatic heterocycles. The van der Waals surface area contributed by atoms with E-state index >= 15 is 0 Å². The zero-order valence-electron chi connectivity index (χ0n) is 17.9. The average molecular weight is 455 g/mol. The molecule has 0 fully saturated rings. The second kappa shape index (κ2) is 8.83. The molecule has 1 aromatic carbocycles. The van der Waals surface area contributed by atoms with Gasteiger partial charge in [0.2, 0.25) is 5.91 Å². The van der Waals surface area contributed by atoms with Gasteiger partial charge in [0.1, 0.15) is 27.6 Å². The van der Waals surface area contributed by atoms with Gasteiger partial charge < -0.3 is 14.8 Å². The Kier molecular flexibility index (Phi) is 5.95. The van der Waals surface area contributed by atoms with Gasteiger partial charge in [0.05, 0.1) is 19.7 Å². The van der Waals surface area contributed by atoms with Crippen LogP contribution in [0.5, 0.6) is 11.5 Å². The number of methoxy groups -OCH3 is 2. The number of carbonyl (C=O) groups is 1. The molecule has 0 atom stereocenters. The Morgan fingerprint density at radius 1 is 1.12 bits per heavy atom. The summed E-state index contributed by atoms with van der Waals surface area (Å²) in [6.07, 6.45) is 2.24. The Bertz CT molecular complexity index is 1410. The number of amides is 1. The molecule has 1 amide bonds. The lowest BCUT2D eigenvalue weighted by Crippen LogP contribution is -2.41. The topological polar surface area (TPSA) is 104 Å². The first kappa shape index (κ1) is 21.6. The van der Waals surface area contributed by atoms with Crippen molar-refractivity contribution < 1.29 is 14.3 Å². The molecule has 10 heteroatoms. The summed E-state index contributed by atoms with van der Waals surface area (Å²) in [5.74, 6) is 0.616. The maximum Gasteiger partial charge on any atom is 0.332 e. The van der Waals surface area contributed by atoms with Gasteiger partial charge in [-0.1, -0.05) is 6.92 Å². The number of nitrogens with one attached hydrogen (secondary N) is 1. The van der Waals surface area contributed by atoms with E-state index < -0.39 is 11.6 Å². The summed E-state index contributed by atoms with van der Waals surface area (Å²) in [4.78, 5) is 44.1. The number of fused-ring (bicyclic) bond motifs is 3. The highest BCUT2D eigenvalue weighted by molar-refractivity contribution is 7.25. The van der Waals surface area contributed by atoms with Crippen LogP contribution in [0.1, 0.15) is 13.3 Å². The van der Waals surface area contributed by atoms with Crippen molar-refractivity contribution in [1.29, 1.82) is 0 Å². The highest BCUT2D eigenvalue weighted by Gasteiger charge is 2.20. The van der Waals surface area contributed by atoms with E-state index in [1.54, 1.807) is 36.5 Å². The zero-order valence-corrected chi connectivity index (χ0v) is 18.7. The number of anilines is 1. The highest BCUT2D eigenvalue weighted by Crippen LogP contribution is 2.29. The number of thiophene rings is 1. The molecule has 166 valence electrons. The Labute approximate surface area is 186 Å². The fourth-order valence-corrected chi connectivity index (χ4v) is 4.67. The number of aromatic nitrogens is 3. The lowest BCUT2D eigenvalue weighted by atomic mass is 10.2. The molecule has 0 saturated heterocycles. The van der Waals surface area contributed by atoms with E-state index in [1.165, 1.54) is 34.7 Å². The van der Waals surface area contributed by atoms with Crippen molar-refractivity contribution in [2.75, 3.05) is 19.5 Å². The number of rotatable bonds is 7. The van der Waals surface area contributed by atoms with E-state index in [0.29, 0.717) is 44.0 Å². The van der Waals surface area contributed by atoms with E-state index in [2.05, 4.69) is 10.3 Å². The van der Waals surface area contributed by atoms with E-state index in [0.717, 1.165) is 0 Å². The first-order chi connectivity index (χ1) is 15.5. The predicted octanol–water partition coefficient (Wildman–Crippen LogP) is 2.84. The molecule has 9 nitrogen and oxygen atoms in total. The average Bonchev–Trinajstić information content (AvgIpc) is 3.19. The molecule has 4 rings (SSSR count). The van der Waals surface area contributed by atoms with Crippen LogP contribution < -0.4 is 26.0 Å². The highest BCUT2D eigenvalue weighted by atomic mass is 32.1. The maximum absolute atomic E-state index is 13.2.